The van der Waals surface area contributed by atoms with Gasteiger partial charge in [-0.15, -0.1) is 0 Å². The van der Waals surface area contributed by atoms with E-state index in [2.05, 4.69) is 41.9 Å². The van der Waals surface area contributed by atoms with Crippen molar-refractivity contribution in [1.29, 1.82) is 0 Å². The van der Waals surface area contributed by atoms with E-state index in [1.165, 1.54) is 16.7 Å². The smallest absolute Gasteiger partial charge is 0.255 e. The fraction of sp³-hybridized carbons (Fsp3) is 0.400. The summed E-state index contributed by atoms with van der Waals surface area (Å²) >= 11 is 0. The normalized spacial score (nSPS) is 14.4. The molecule has 5 heteroatoms. The van der Waals surface area contributed by atoms with Crippen LogP contribution in [0.5, 0.6) is 0 Å². The average molecular weight is 339 g/mol. The predicted octanol–water partition coefficient (Wildman–Crippen LogP) is 2.81. The van der Waals surface area contributed by atoms with Crippen molar-refractivity contribution in [1.82, 2.24) is 9.88 Å². The average Bonchev–Trinajstić information content (AvgIpc) is 2.64. The van der Waals surface area contributed by atoms with E-state index < -0.39 is 0 Å². The zero-order chi connectivity index (χ0) is 17.8. The highest BCUT2D eigenvalue weighted by molar-refractivity contribution is 5.93. The molecule has 0 N–H and O–H groups in total. The molecule has 1 aliphatic heterocycles. The molecular weight excluding hydrogens is 314 g/mol. The monoisotopic (exact) mass is 339 g/mol. The second-order valence-electron chi connectivity index (χ2n) is 6.60. The molecule has 0 aliphatic carbocycles. The van der Waals surface area contributed by atoms with Crippen molar-refractivity contribution in [2.75, 3.05) is 38.3 Å². The van der Waals surface area contributed by atoms with Crippen LogP contribution in [0.4, 0.5) is 5.82 Å². The minimum Gasteiger partial charge on any atom is -0.378 e. The third kappa shape index (κ3) is 4.17. The van der Waals surface area contributed by atoms with Crippen molar-refractivity contribution in [2.45, 2.75) is 20.4 Å². The Kier molecular flexibility index (Phi) is 5.34. The first kappa shape index (κ1) is 17.4. The van der Waals surface area contributed by atoms with Crippen molar-refractivity contribution in [3.05, 3.63) is 58.8 Å². The molecule has 3 rings (SSSR count). The molecule has 2 heterocycles. The quantitative estimate of drug-likeness (QED) is 0.859. The SMILES string of the molecule is Cc1ccc(CN(C)C(=O)c2ccc(N3CCOCC3)nc2)c(C)c1. The third-order valence-electron chi connectivity index (χ3n) is 4.58. The molecule has 0 unspecified atom stereocenters. The van der Waals surface area contributed by atoms with Crippen LogP contribution in [0, 0.1) is 13.8 Å². The highest BCUT2D eigenvalue weighted by atomic mass is 16.5. The molecule has 25 heavy (non-hydrogen) atoms. The van der Waals surface area contributed by atoms with Crippen LogP contribution in [0.25, 0.3) is 0 Å². The largest absolute Gasteiger partial charge is 0.378 e. The summed E-state index contributed by atoms with van der Waals surface area (Å²) in [7, 11) is 1.83. The number of benzene rings is 1. The molecule has 0 radical (unpaired) electrons. The first-order valence-electron chi connectivity index (χ1n) is 8.65. The van der Waals surface area contributed by atoms with Crippen LogP contribution < -0.4 is 4.90 Å². The lowest BCUT2D eigenvalue weighted by Crippen LogP contribution is -2.36. The van der Waals surface area contributed by atoms with Crippen LogP contribution in [0.15, 0.2) is 36.5 Å². The lowest BCUT2D eigenvalue weighted by molar-refractivity contribution is 0.0784. The number of ether oxygens (including phenoxy) is 1. The Hall–Kier alpha value is -2.40. The molecule has 0 bridgehead atoms. The van der Waals surface area contributed by atoms with Gasteiger partial charge in [0.2, 0.25) is 0 Å². The van der Waals surface area contributed by atoms with E-state index in [9.17, 15) is 4.79 Å². The Morgan fingerprint density at radius 2 is 1.96 bits per heavy atom. The first-order valence-corrected chi connectivity index (χ1v) is 8.65. The molecule has 0 spiro atoms. The Bertz CT molecular complexity index is 737. The second kappa shape index (κ2) is 7.66. The van der Waals surface area contributed by atoms with Crippen LogP contribution in [0.2, 0.25) is 0 Å². The van der Waals surface area contributed by atoms with Crippen LogP contribution in [0.1, 0.15) is 27.0 Å². The number of carbonyl (C=O) groups excluding carboxylic acids is 1. The molecule has 1 saturated heterocycles. The number of rotatable bonds is 4. The maximum atomic E-state index is 12.7. The van der Waals surface area contributed by atoms with E-state index in [4.69, 9.17) is 4.74 Å². The highest BCUT2D eigenvalue weighted by Crippen LogP contribution is 2.16. The molecule has 1 aliphatic rings. The molecule has 0 saturated carbocycles. The standard InChI is InChI=1S/C20H25N3O2/c1-15-4-5-18(16(2)12-15)14-22(3)20(24)17-6-7-19(21-13-17)23-8-10-25-11-9-23/h4-7,12-13H,8-11,14H2,1-3H3. The summed E-state index contributed by atoms with van der Waals surface area (Å²) in [4.78, 5) is 21.0. The summed E-state index contributed by atoms with van der Waals surface area (Å²) in [5.74, 6) is 0.887. The van der Waals surface area contributed by atoms with Crippen molar-refractivity contribution in [3.8, 4) is 0 Å². The summed E-state index contributed by atoms with van der Waals surface area (Å²) in [6.07, 6.45) is 1.67. The van der Waals surface area contributed by atoms with Gasteiger partial charge in [0.15, 0.2) is 0 Å². The van der Waals surface area contributed by atoms with Gasteiger partial charge in [-0.25, -0.2) is 4.98 Å². The number of amides is 1. The maximum Gasteiger partial charge on any atom is 0.255 e. The van der Waals surface area contributed by atoms with Gasteiger partial charge >= 0.3 is 0 Å². The van der Waals surface area contributed by atoms with Gasteiger partial charge in [0.05, 0.1) is 18.8 Å². The lowest BCUT2D eigenvalue weighted by Gasteiger charge is -2.27. The second-order valence-corrected chi connectivity index (χ2v) is 6.60. The summed E-state index contributed by atoms with van der Waals surface area (Å²) in [6.45, 7) is 7.88. The van der Waals surface area contributed by atoms with Crippen LogP contribution in [-0.4, -0.2) is 49.1 Å². The third-order valence-corrected chi connectivity index (χ3v) is 4.58. The number of morpholine rings is 1. The van der Waals surface area contributed by atoms with Gasteiger partial charge in [-0.3, -0.25) is 4.79 Å². The van der Waals surface area contributed by atoms with Crippen molar-refractivity contribution in [2.24, 2.45) is 0 Å². The number of carbonyl (C=O) groups is 1. The van der Waals surface area contributed by atoms with E-state index in [0.717, 1.165) is 32.1 Å². The molecule has 2 aromatic rings. The minimum absolute atomic E-state index is 0.0130. The Morgan fingerprint density at radius 3 is 2.60 bits per heavy atom. The lowest BCUT2D eigenvalue weighted by atomic mass is 10.1. The number of nitrogens with zero attached hydrogens (tertiary/aromatic N) is 3. The Morgan fingerprint density at radius 1 is 1.20 bits per heavy atom. The Labute approximate surface area is 149 Å². The molecule has 1 fully saturated rings. The zero-order valence-electron chi connectivity index (χ0n) is 15.2. The summed E-state index contributed by atoms with van der Waals surface area (Å²) in [6, 6.07) is 10.1. The summed E-state index contributed by atoms with van der Waals surface area (Å²) in [5, 5.41) is 0. The topological polar surface area (TPSA) is 45.7 Å². The molecule has 1 aromatic carbocycles. The van der Waals surface area contributed by atoms with Gasteiger partial charge in [-0.05, 0) is 37.1 Å². The number of hydrogen-bond acceptors (Lipinski definition) is 4. The van der Waals surface area contributed by atoms with Crippen LogP contribution in [0.3, 0.4) is 0 Å². The highest BCUT2D eigenvalue weighted by Gasteiger charge is 2.16. The zero-order valence-corrected chi connectivity index (χ0v) is 15.2. The van der Waals surface area contributed by atoms with Crippen molar-refractivity contribution < 1.29 is 9.53 Å². The van der Waals surface area contributed by atoms with Gasteiger partial charge in [0.1, 0.15) is 5.82 Å². The maximum absolute atomic E-state index is 12.7. The van der Waals surface area contributed by atoms with Gasteiger partial charge < -0.3 is 14.5 Å². The molecule has 1 aromatic heterocycles. The van der Waals surface area contributed by atoms with Gasteiger partial charge in [0.25, 0.3) is 5.91 Å². The predicted molar refractivity (Wildman–Crippen MR) is 99.0 cm³/mol. The molecule has 0 atom stereocenters. The summed E-state index contributed by atoms with van der Waals surface area (Å²) in [5.41, 5.74) is 4.22. The molecule has 1 amide bonds. The van der Waals surface area contributed by atoms with E-state index in [-0.39, 0.29) is 5.91 Å². The van der Waals surface area contributed by atoms with Gasteiger partial charge in [0, 0.05) is 32.9 Å². The summed E-state index contributed by atoms with van der Waals surface area (Å²) < 4.78 is 5.36. The molecular formula is C20H25N3O2. The van der Waals surface area contributed by atoms with Gasteiger partial charge in [-0.1, -0.05) is 23.8 Å². The number of hydrogen-bond donors (Lipinski definition) is 0. The van der Waals surface area contributed by atoms with E-state index in [0.29, 0.717) is 12.1 Å². The van der Waals surface area contributed by atoms with Crippen molar-refractivity contribution in [3.63, 3.8) is 0 Å². The number of aryl methyl sites for hydroxylation is 2. The van der Waals surface area contributed by atoms with Crippen molar-refractivity contribution >= 4 is 11.7 Å². The van der Waals surface area contributed by atoms with Gasteiger partial charge in [-0.2, -0.15) is 0 Å². The first-order chi connectivity index (χ1) is 12.0. The number of anilines is 1. The fourth-order valence-corrected chi connectivity index (χ4v) is 3.06. The van der Waals surface area contributed by atoms with E-state index in [1.54, 1.807) is 11.1 Å². The minimum atomic E-state index is -0.0130. The fourth-order valence-electron chi connectivity index (χ4n) is 3.06. The number of aromatic nitrogens is 1. The Balaban J connectivity index is 1.67. The van der Waals surface area contributed by atoms with Crippen LogP contribution in [-0.2, 0) is 11.3 Å². The number of pyridine rings is 1. The van der Waals surface area contributed by atoms with Crippen LogP contribution >= 0.6 is 0 Å². The van der Waals surface area contributed by atoms with E-state index >= 15 is 0 Å². The molecule has 5 nitrogen and oxygen atoms in total. The van der Waals surface area contributed by atoms with E-state index in [1.807, 2.05) is 19.2 Å². The molecule has 132 valence electrons.